The lowest BCUT2D eigenvalue weighted by Gasteiger charge is -2.17. The Balaban J connectivity index is 0.000000345. The molecule has 2 aromatic rings. The molecule has 1 N–H and O–H groups in total. The van der Waals surface area contributed by atoms with Gasteiger partial charge in [0, 0.05) is 6.08 Å². The largest absolute Gasteiger partial charge is 0.508 e. The predicted molar refractivity (Wildman–Crippen MR) is 113 cm³/mol. The number of hydrogen-bond donors (Lipinski definition) is 1. The van der Waals surface area contributed by atoms with Crippen LogP contribution in [0.2, 0.25) is 0 Å². The van der Waals surface area contributed by atoms with Crippen molar-refractivity contribution in [2.24, 2.45) is 0 Å². The molecule has 0 fully saturated rings. The average Bonchev–Trinajstić information content (AvgIpc) is 2.59. The smallest absolute Gasteiger partial charge is 0.330 e. The summed E-state index contributed by atoms with van der Waals surface area (Å²) in [6, 6.07) is 15.5. The summed E-state index contributed by atoms with van der Waals surface area (Å²) in [6.07, 6.45) is 9.25. The number of benzene rings is 2. The van der Waals surface area contributed by atoms with Crippen molar-refractivity contribution >= 4 is 18.1 Å². The summed E-state index contributed by atoms with van der Waals surface area (Å²) >= 11 is 0. The summed E-state index contributed by atoms with van der Waals surface area (Å²) in [5.74, 6) is -0.0787. The van der Waals surface area contributed by atoms with E-state index in [0.717, 1.165) is 11.6 Å². The van der Waals surface area contributed by atoms with E-state index in [1.165, 1.54) is 11.1 Å². The SMILES string of the molecule is C=CC(=O)OC(C)(C)C.Cc1cccc(C=CC=Cc2ccc(O)cc2)c1. The zero-order valence-electron chi connectivity index (χ0n) is 16.5. The van der Waals surface area contributed by atoms with Gasteiger partial charge in [-0.15, -0.1) is 0 Å². The van der Waals surface area contributed by atoms with Crippen LogP contribution in [-0.2, 0) is 9.53 Å². The topological polar surface area (TPSA) is 46.5 Å². The first-order chi connectivity index (χ1) is 12.7. The van der Waals surface area contributed by atoms with Gasteiger partial charge in [-0.25, -0.2) is 4.79 Å². The number of aromatic hydroxyl groups is 1. The zero-order chi connectivity index (χ0) is 20.3. The van der Waals surface area contributed by atoms with Crippen LogP contribution < -0.4 is 0 Å². The van der Waals surface area contributed by atoms with Gasteiger partial charge in [0.2, 0.25) is 0 Å². The minimum absolute atomic E-state index is 0.294. The van der Waals surface area contributed by atoms with Crippen molar-refractivity contribution in [3.8, 4) is 5.75 Å². The standard InChI is InChI=1S/C17H16O.C7H12O2/c1-14-5-4-8-16(13-14)7-3-2-6-15-9-11-17(18)12-10-15;1-5-6(8)9-7(2,3)4/h2-13,18H,1H3;5H,1H2,2-4H3. The molecule has 0 bridgehead atoms. The Hall–Kier alpha value is -3.07. The van der Waals surface area contributed by atoms with E-state index in [9.17, 15) is 4.79 Å². The van der Waals surface area contributed by atoms with Crippen molar-refractivity contribution in [1.29, 1.82) is 0 Å². The molecule has 0 aliphatic rings. The van der Waals surface area contributed by atoms with Gasteiger partial charge < -0.3 is 9.84 Å². The Bertz CT molecular complexity index is 791. The lowest BCUT2D eigenvalue weighted by atomic mass is 10.1. The Morgan fingerprint density at radius 2 is 1.59 bits per heavy atom. The number of aryl methyl sites for hydroxylation is 1. The van der Waals surface area contributed by atoms with Crippen LogP contribution in [0.1, 0.15) is 37.5 Å². The molecule has 0 aliphatic carbocycles. The van der Waals surface area contributed by atoms with Crippen LogP contribution in [0.4, 0.5) is 0 Å². The highest BCUT2D eigenvalue weighted by Crippen LogP contribution is 2.11. The normalized spacial score (nSPS) is 11.1. The molecule has 0 unspecified atom stereocenters. The number of phenols is 1. The van der Waals surface area contributed by atoms with E-state index in [1.807, 2.05) is 51.1 Å². The Kier molecular flexibility index (Phi) is 8.80. The summed E-state index contributed by atoms with van der Waals surface area (Å²) in [7, 11) is 0. The highest BCUT2D eigenvalue weighted by molar-refractivity contribution is 5.81. The van der Waals surface area contributed by atoms with Crippen molar-refractivity contribution in [2.45, 2.75) is 33.3 Å². The Morgan fingerprint density at radius 1 is 1.00 bits per heavy atom. The molecule has 0 spiro atoms. The molecule has 0 aliphatic heterocycles. The number of ether oxygens (including phenoxy) is 1. The number of esters is 1. The maximum atomic E-state index is 10.5. The van der Waals surface area contributed by atoms with Gasteiger partial charge in [0.1, 0.15) is 11.4 Å². The van der Waals surface area contributed by atoms with Crippen LogP contribution in [0.3, 0.4) is 0 Å². The van der Waals surface area contributed by atoms with E-state index in [4.69, 9.17) is 9.84 Å². The molecule has 0 radical (unpaired) electrons. The van der Waals surface area contributed by atoms with Crippen molar-refractivity contribution < 1.29 is 14.6 Å². The van der Waals surface area contributed by atoms with Gasteiger partial charge in [0.05, 0.1) is 0 Å². The molecule has 0 saturated heterocycles. The first kappa shape index (κ1) is 22.0. The summed E-state index contributed by atoms with van der Waals surface area (Å²) in [5.41, 5.74) is 3.14. The van der Waals surface area contributed by atoms with Crippen LogP contribution in [0.25, 0.3) is 12.2 Å². The van der Waals surface area contributed by atoms with Crippen LogP contribution in [0.15, 0.2) is 73.3 Å². The number of carbonyl (C=O) groups is 1. The van der Waals surface area contributed by atoms with Crippen LogP contribution in [-0.4, -0.2) is 16.7 Å². The van der Waals surface area contributed by atoms with E-state index >= 15 is 0 Å². The fraction of sp³-hybridized carbons (Fsp3) is 0.208. The molecule has 0 amide bonds. The van der Waals surface area contributed by atoms with E-state index in [2.05, 4.69) is 43.8 Å². The third-order valence-corrected chi connectivity index (χ3v) is 3.20. The van der Waals surface area contributed by atoms with Gasteiger partial charge >= 0.3 is 5.97 Å². The van der Waals surface area contributed by atoms with Crippen molar-refractivity contribution in [3.63, 3.8) is 0 Å². The molecule has 2 aromatic carbocycles. The molecule has 3 nitrogen and oxygen atoms in total. The number of rotatable bonds is 4. The highest BCUT2D eigenvalue weighted by atomic mass is 16.6. The highest BCUT2D eigenvalue weighted by Gasteiger charge is 2.12. The number of phenolic OH excluding ortho intramolecular Hbond substituents is 1. The summed E-state index contributed by atoms with van der Waals surface area (Å²) in [5, 5.41) is 9.16. The summed E-state index contributed by atoms with van der Waals surface area (Å²) in [4.78, 5) is 10.5. The molecule has 0 atom stereocenters. The van der Waals surface area contributed by atoms with Gasteiger partial charge in [-0.1, -0.05) is 72.8 Å². The molecule has 0 aromatic heterocycles. The van der Waals surface area contributed by atoms with Gasteiger partial charge in [-0.05, 0) is 51.0 Å². The molecule has 2 rings (SSSR count). The quantitative estimate of drug-likeness (QED) is 0.415. The maximum absolute atomic E-state index is 10.5. The molecule has 3 heteroatoms. The first-order valence-corrected chi connectivity index (χ1v) is 8.75. The second kappa shape index (κ2) is 10.8. The van der Waals surface area contributed by atoms with Gasteiger partial charge in [0.15, 0.2) is 0 Å². The third kappa shape index (κ3) is 10.5. The molecular weight excluding hydrogens is 336 g/mol. The number of hydrogen-bond acceptors (Lipinski definition) is 3. The summed E-state index contributed by atoms with van der Waals surface area (Å²) in [6.45, 7) is 10.8. The molecule has 0 heterocycles. The Labute approximate surface area is 162 Å². The van der Waals surface area contributed by atoms with Crippen molar-refractivity contribution in [1.82, 2.24) is 0 Å². The van der Waals surface area contributed by atoms with Crippen LogP contribution in [0, 0.1) is 6.92 Å². The molecule has 0 saturated carbocycles. The second-order valence-electron chi connectivity index (χ2n) is 6.96. The average molecular weight is 364 g/mol. The maximum Gasteiger partial charge on any atom is 0.330 e. The van der Waals surface area contributed by atoms with Crippen molar-refractivity contribution in [3.05, 3.63) is 90.0 Å². The lowest BCUT2D eigenvalue weighted by molar-refractivity contribution is -0.148. The second-order valence-corrected chi connectivity index (χ2v) is 6.96. The van der Waals surface area contributed by atoms with Gasteiger partial charge in [0.25, 0.3) is 0 Å². The zero-order valence-corrected chi connectivity index (χ0v) is 16.5. The fourth-order valence-corrected chi connectivity index (χ4v) is 2.04. The van der Waals surface area contributed by atoms with E-state index in [0.29, 0.717) is 5.75 Å². The Morgan fingerprint density at radius 3 is 2.07 bits per heavy atom. The third-order valence-electron chi connectivity index (χ3n) is 3.20. The molecular formula is C24H28O3. The van der Waals surface area contributed by atoms with Gasteiger partial charge in [-0.3, -0.25) is 0 Å². The van der Waals surface area contributed by atoms with Crippen LogP contribution in [0.5, 0.6) is 5.75 Å². The minimum Gasteiger partial charge on any atom is -0.508 e. The summed E-state index contributed by atoms with van der Waals surface area (Å²) < 4.78 is 4.83. The van der Waals surface area contributed by atoms with Crippen molar-refractivity contribution in [2.75, 3.05) is 0 Å². The van der Waals surface area contributed by atoms with E-state index in [1.54, 1.807) is 12.1 Å². The lowest BCUT2D eigenvalue weighted by Crippen LogP contribution is -2.22. The first-order valence-electron chi connectivity index (χ1n) is 8.75. The fourth-order valence-electron chi connectivity index (χ4n) is 2.04. The van der Waals surface area contributed by atoms with E-state index < -0.39 is 5.60 Å². The van der Waals surface area contributed by atoms with Crippen LogP contribution >= 0.6 is 0 Å². The van der Waals surface area contributed by atoms with E-state index in [-0.39, 0.29) is 5.97 Å². The number of carbonyl (C=O) groups excluding carboxylic acids is 1. The minimum atomic E-state index is -0.398. The predicted octanol–water partition coefficient (Wildman–Crippen LogP) is 5.94. The van der Waals surface area contributed by atoms with Gasteiger partial charge in [-0.2, -0.15) is 0 Å². The number of allylic oxidation sites excluding steroid dienone is 2. The molecule has 27 heavy (non-hydrogen) atoms. The monoisotopic (exact) mass is 364 g/mol. The molecule has 142 valence electrons.